The van der Waals surface area contributed by atoms with E-state index >= 15 is 0 Å². The van der Waals surface area contributed by atoms with Gasteiger partial charge in [-0.2, -0.15) is 0 Å². The van der Waals surface area contributed by atoms with Crippen molar-refractivity contribution in [3.05, 3.63) is 35.9 Å². The van der Waals surface area contributed by atoms with Crippen LogP contribution >= 0.6 is 0 Å². The lowest BCUT2D eigenvalue weighted by Gasteiger charge is -2.26. The van der Waals surface area contributed by atoms with E-state index in [1.165, 1.54) is 5.56 Å². The van der Waals surface area contributed by atoms with E-state index in [9.17, 15) is 0 Å². The fourth-order valence-corrected chi connectivity index (χ4v) is 2.02. The molecule has 0 amide bonds. The normalized spacial score (nSPS) is 14.7. The first-order chi connectivity index (χ1) is 8.65. The third kappa shape index (κ3) is 5.19. The average molecular weight is 249 g/mol. The van der Waals surface area contributed by atoms with Crippen LogP contribution in [0.4, 0.5) is 0 Å². The van der Waals surface area contributed by atoms with Crippen molar-refractivity contribution in [2.75, 3.05) is 13.2 Å². The maximum Gasteiger partial charge on any atom is 0.0741 e. The van der Waals surface area contributed by atoms with Crippen LogP contribution in [0.1, 0.15) is 45.7 Å². The van der Waals surface area contributed by atoms with Crippen LogP contribution in [-0.2, 0) is 4.74 Å². The molecule has 2 unspecified atom stereocenters. The minimum Gasteiger partial charge on any atom is -0.377 e. The van der Waals surface area contributed by atoms with Crippen molar-refractivity contribution in [3.63, 3.8) is 0 Å². The molecule has 2 atom stereocenters. The van der Waals surface area contributed by atoms with Crippen molar-refractivity contribution in [2.45, 2.75) is 46.3 Å². The molecule has 0 aliphatic rings. The molecule has 0 aliphatic heterocycles. The van der Waals surface area contributed by atoms with Crippen molar-refractivity contribution in [1.82, 2.24) is 5.32 Å². The van der Waals surface area contributed by atoms with Crippen molar-refractivity contribution in [3.8, 4) is 0 Å². The van der Waals surface area contributed by atoms with Gasteiger partial charge in [0.25, 0.3) is 0 Å². The molecule has 0 aliphatic carbocycles. The van der Waals surface area contributed by atoms with Gasteiger partial charge in [0.15, 0.2) is 0 Å². The summed E-state index contributed by atoms with van der Waals surface area (Å²) in [6.07, 6.45) is 1.32. The molecule has 18 heavy (non-hydrogen) atoms. The second kappa shape index (κ2) is 8.28. The molecule has 2 heteroatoms. The molecule has 2 nitrogen and oxygen atoms in total. The van der Waals surface area contributed by atoms with E-state index in [-0.39, 0.29) is 12.1 Å². The van der Waals surface area contributed by atoms with Gasteiger partial charge >= 0.3 is 0 Å². The summed E-state index contributed by atoms with van der Waals surface area (Å²) in [6.45, 7) is 10.5. The molecule has 1 aromatic rings. The zero-order chi connectivity index (χ0) is 13.4. The lowest BCUT2D eigenvalue weighted by molar-refractivity contribution is 0.0329. The molecule has 0 saturated heterocycles. The number of hydrogen-bond acceptors (Lipinski definition) is 2. The van der Waals surface area contributed by atoms with Gasteiger partial charge in [0.1, 0.15) is 0 Å². The highest BCUT2D eigenvalue weighted by Crippen LogP contribution is 2.19. The van der Waals surface area contributed by atoms with Crippen LogP contribution in [0.5, 0.6) is 0 Å². The maximum atomic E-state index is 5.96. The molecule has 0 heterocycles. The Kier molecular flexibility index (Phi) is 6.99. The fraction of sp³-hybridized carbons (Fsp3) is 0.625. The summed E-state index contributed by atoms with van der Waals surface area (Å²) in [5.74, 6) is 0.700. The number of nitrogens with one attached hydrogen (secondary N) is 1. The lowest BCUT2D eigenvalue weighted by atomic mass is 10.0. The Bertz CT molecular complexity index is 310. The molecule has 0 saturated carbocycles. The van der Waals surface area contributed by atoms with Gasteiger partial charge in [0.2, 0.25) is 0 Å². The molecule has 0 radical (unpaired) electrons. The second-order valence-corrected chi connectivity index (χ2v) is 5.20. The minimum absolute atomic E-state index is 0.200. The lowest BCUT2D eigenvalue weighted by Crippen LogP contribution is -2.32. The summed E-state index contributed by atoms with van der Waals surface area (Å²) in [7, 11) is 0. The van der Waals surface area contributed by atoms with Gasteiger partial charge in [0, 0.05) is 6.61 Å². The SMILES string of the molecule is CCNC(c1ccccc1)C(C)OCCC(C)C. The van der Waals surface area contributed by atoms with Crippen LogP contribution in [0.25, 0.3) is 0 Å². The molecule has 1 rings (SSSR count). The molecule has 1 N–H and O–H groups in total. The Balaban J connectivity index is 2.56. The predicted molar refractivity (Wildman–Crippen MR) is 77.7 cm³/mol. The second-order valence-electron chi connectivity index (χ2n) is 5.20. The van der Waals surface area contributed by atoms with E-state index in [4.69, 9.17) is 4.74 Å². The standard InChI is InChI=1S/C16H27NO/c1-5-17-16(15-9-7-6-8-10-15)14(4)18-12-11-13(2)3/h6-10,13-14,16-17H,5,11-12H2,1-4H3. The summed E-state index contributed by atoms with van der Waals surface area (Å²) in [4.78, 5) is 0. The van der Waals surface area contributed by atoms with E-state index in [1.807, 2.05) is 0 Å². The molecular formula is C16H27NO. The molecule has 0 spiro atoms. The van der Waals surface area contributed by atoms with Crippen molar-refractivity contribution in [2.24, 2.45) is 5.92 Å². The summed E-state index contributed by atoms with van der Waals surface area (Å²) in [5, 5.41) is 3.51. The molecular weight excluding hydrogens is 222 g/mol. The number of likely N-dealkylation sites (N-methyl/N-ethyl adjacent to an activating group) is 1. The van der Waals surface area contributed by atoms with Crippen molar-refractivity contribution >= 4 is 0 Å². The van der Waals surface area contributed by atoms with Gasteiger partial charge in [-0.05, 0) is 31.4 Å². The fourth-order valence-electron chi connectivity index (χ4n) is 2.02. The van der Waals surface area contributed by atoms with E-state index in [0.29, 0.717) is 5.92 Å². The van der Waals surface area contributed by atoms with Crippen molar-refractivity contribution in [1.29, 1.82) is 0 Å². The monoisotopic (exact) mass is 249 g/mol. The third-order valence-electron chi connectivity index (χ3n) is 3.13. The molecule has 0 fully saturated rings. The number of hydrogen-bond donors (Lipinski definition) is 1. The largest absolute Gasteiger partial charge is 0.377 e. The molecule has 0 bridgehead atoms. The van der Waals surface area contributed by atoms with Crippen molar-refractivity contribution < 1.29 is 4.74 Å². The van der Waals surface area contributed by atoms with Gasteiger partial charge in [-0.15, -0.1) is 0 Å². The Hall–Kier alpha value is -0.860. The van der Waals surface area contributed by atoms with E-state index in [2.05, 4.69) is 63.3 Å². The topological polar surface area (TPSA) is 21.3 Å². The van der Waals surface area contributed by atoms with Crippen LogP contribution in [0.15, 0.2) is 30.3 Å². The zero-order valence-corrected chi connectivity index (χ0v) is 12.1. The van der Waals surface area contributed by atoms with Gasteiger partial charge < -0.3 is 10.1 Å². The summed E-state index contributed by atoms with van der Waals surface area (Å²) in [6, 6.07) is 10.8. The number of ether oxygens (including phenoxy) is 1. The molecule has 0 aromatic heterocycles. The quantitative estimate of drug-likeness (QED) is 0.757. The maximum absolute atomic E-state index is 5.96. The number of benzene rings is 1. The first-order valence-corrected chi connectivity index (χ1v) is 7.05. The smallest absolute Gasteiger partial charge is 0.0741 e. The van der Waals surface area contributed by atoms with Gasteiger partial charge in [-0.1, -0.05) is 51.1 Å². The first-order valence-electron chi connectivity index (χ1n) is 7.05. The van der Waals surface area contributed by atoms with Crippen LogP contribution in [0.3, 0.4) is 0 Å². The Labute approximate surface area is 112 Å². The van der Waals surface area contributed by atoms with Gasteiger partial charge in [-0.3, -0.25) is 0 Å². The number of rotatable bonds is 8. The van der Waals surface area contributed by atoms with Gasteiger partial charge in [-0.25, -0.2) is 0 Å². The Morgan fingerprint density at radius 3 is 2.33 bits per heavy atom. The minimum atomic E-state index is 0.200. The summed E-state index contributed by atoms with van der Waals surface area (Å²) in [5.41, 5.74) is 1.30. The highest BCUT2D eigenvalue weighted by molar-refractivity contribution is 5.19. The first kappa shape index (κ1) is 15.2. The van der Waals surface area contributed by atoms with Crippen LogP contribution in [0, 0.1) is 5.92 Å². The van der Waals surface area contributed by atoms with E-state index in [1.54, 1.807) is 0 Å². The van der Waals surface area contributed by atoms with Crippen LogP contribution in [-0.4, -0.2) is 19.3 Å². The van der Waals surface area contributed by atoms with Crippen LogP contribution in [0.2, 0.25) is 0 Å². The third-order valence-corrected chi connectivity index (χ3v) is 3.13. The van der Waals surface area contributed by atoms with Crippen LogP contribution < -0.4 is 5.32 Å². The highest BCUT2D eigenvalue weighted by atomic mass is 16.5. The van der Waals surface area contributed by atoms with E-state index < -0.39 is 0 Å². The molecule has 102 valence electrons. The summed E-state index contributed by atoms with van der Waals surface area (Å²) >= 11 is 0. The highest BCUT2D eigenvalue weighted by Gasteiger charge is 2.18. The predicted octanol–water partition coefficient (Wildman–Crippen LogP) is 3.79. The zero-order valence-electron chi connectivity index (χ0n) is 12.1. The van der Waals surface area contributed by atoms with Gasteiger partial charge in [0.05, 0.1) is 12.1 Å². The van der Waals surface area contributed by atoms with E-state index in [0.717, 1.165) is 19.6 Å². The average Bonchev–Trinajstić information content (AvgIpc) is 2.36. The summed E-state index contributed by atoms with van der Waals surface area (Å²) < 4.78 is 5.96. The molecule has 1 aromatic carbocycles. The Morgan fingerprint density at radius 2 is 1.78 bits per heavy atom. The Morgan fingerprint density at radius 1 is 1.11 bits per heavy atom.